The molecule has 0 radical (unpaired) electrons. The topological polar surface area (TPSA) is 47.9 Å². The molecule has 0 bridgehead atoms. The molecule has 3 aromatic carbocycles. The van der Waals surface area contributed by atoms with Gasteiger partial charge >= 0.3 is 5.97 Å². The Hall–Kier alpha value is -3.40. The first-order chi connectivity index (χ1) is 12.2. The molecule has 4 heteroatoms. The number of hydrogen-bond donors (Lipinski definition) is 0. The van der Waals surface area contributed by atoms with Crippen LogP contribution in [0.15, 0.2) is 77.4 Å². The van der Waals surface area contributed by atoms with E-state index in [0.29, 0.717) is 5.90 Å². The number of methoxy groups -OCH3 is 1. The van der Waals surface area contributed by atoms with Crippen molar-refractivity contribution in [2.45, 2.75) is 0 Å². The summed E-state index contributed by atoms with van der Waals surface area (Å²) < 4.78 is 10.6. The molecule has 4 nitrogen and oxygen atoms in total. The Bertz CT molecular complexity index is 1030. The molecule has 0 N–H and O–H groups in total. The first-order valence-electron chi connectivity index (χ1n) is 7.89. The standard InChI is InChI=1S/C21H15NO3/c1-24-16-9-4-6-14(12-16)13-19-21(23)25-20(22-19)18-11-5-8-15-7-2-3-10-17(15)18/h2-13H,1H3/b19-13-. The summed E-state index contributed by atoms with van der Waals surface area (Å²) in [5.41, 5.74) is 1.91. The van der Waals surface area contributed by atoms with Crippen molar-refractivity contribution in [2.24, 2.45) is 4.99 Å². The van der Waals surface area contributed by atoms with Crippen LogP contribution >= 0.6 is 0 Å². The van der Waals surface area contributed by atoms with Crippen molar-refractivity contribution in [2.75, 3.05) is 7.11 Å². The minimum atomic E-state index is -0.453. The minimum Gasteiger partial charge on any atom is -0.497 e. The highest BCUT2D eigenvalue weighted by molar-refractivity contribution is 6.17. The Morgan fingerprint density at radius 2 is 1.80 bits per heavy atom. The SMILES string of the molecule is COc1cccc(/C=C2\N=C(c3cccc4ccccc34)OC2=O)c1. The molecule has 3 aromatic rings. The van der Waals surface area contributed by atoms with Crippen molar-refractivity contribution in [1.82, 2.24) is 0 Å². The molecule has 0 unspecified atom stereocenters. The van der Waals surface area contributed by atoms with Gasteiger partial charge in [0.25, 0.3) is 0 Å². The van der Waals surface area contributed by atoms with Crippen LogP contribution in [0, 0.1) is 0 Å². The number of carbonyl (C=O) groups is 1. The fourth-order valence-electron chi connectivity index (χ4n) is 2.83. The van der Waals surface area contributed by atoms with E-state index in [1.165, 1.54) is 0 Å². The highest BCUT2D eigenvalue weighted by atomic mass is 16.6. The molecule has 1 aliphatic heterocycles. The van der Waals surface area contributed by atoms with Crippen molar-refractivity contribution < 1.29 is 14.3 Å². The minimum absolute atomic E-state index is 0.274. The van der Waals surface area contributed by atoms with Crippen LogP contribution in [0.4, 0.5) is 0 Å². The zero-order valence-corrected chi connectivity index (χ0v) is 13.6. The van der Waals surface area contributed by atoms with Gasteiger partial charge in [-0.25, -0.2) is 9.79 Å². The summed E-state index contributed by atoms with van der Waals surface area (Å²) in [5, 5.41) is 2.07. The Morgan fingerprint density at radius 3 is 2.68 bits per heavy atom. The number of aliphatic imine (C=N–C) groups is 1. The second-order valence-corrected chi connectivity index (χ2v) is 5.64. The highest BCUT2D eigenvalue weighted by Crippen LogP contribution is 2.25. The third kappa shape index (κ3) is 2.90. The number of benzene rings is 3. The number of esters is 1. The summed E-state index contributed by atoms with van der Waals surface area (Å²) in [6.45, 7) is 0. The van der Waals surface area contributed by atoms with Crippen molar-refractivity contribution in [3.63, 3.8) is 0 Å². The number of fused-ring (bicyclic) bond motifs is 1. The largest absolute Gasteiger partial charge is 0.497 e. The number of carbonyl (C=O) groups excluding carboxylic acids is 1. The predicted octanol–water partition coefficient (Wildman–Crippen LogP) is 4.19. The summed E-state index contributed by atoms with van der Waals surface area (Å²) in [4.78, 5) is 16.6. The van der Waals surface area contributed by atoms with Gasteiger partial charge in [-0.15, -0.1) is 0 Å². The monoisotopic (exact) mass is 329 g/mol. The number of rotatable bonds is 3. The average molecular weight is 329 g/mol. The number of hydrogen-bond acceptors (Lipinski definition) is 4. The third-order valence-corrected chi connectivity index (χ3v) is 4.04. The lowest BCUT2D eigenvalue weighted by Crippen LogP contribution is -2.05. The molecule has 1 heterocycles. The molecule has 25 heavy (non-hydrogen) atoms. The fraction of sp³-hybridized carbons (Fsp3) is 0.0476. The molecule has 4 rings (SSSR count). The van der Waals surface area contributed by atoms with E-state index in [2.05, 4.69) is 4.99 Å². The summed E-state index contributed by atoms with van der Waals surface area (Å²) in [6, 6.07) is 21.2. The molecule has 0 saturated carbocycles. The van der Waals surface area contributed by atoms with E-state index in [9.17, 15) is 4.79 Å². The van der Waals surface area contributed by atoms with Gasteiger partial charge in [-0.2, -0.15) is 0 Å². The molecule has 122 valence electrons. The first-order valence-corrected chi connectivity index (χ1v) is 7.89. The van der Waals surface area contributed by atoms with E-state index >= 15 is 0 Å². The third-order valence-electron chi connectivity index (χ3n) is 4.04. The molecule has 0 amide bonds. The fourth-order valence-corrected chi connectivity index (χ4v) is 2.83. The Balaban J connectivity index is 1.76. The van der Waals surface area contributed by atoms with E-state index in [-0.39, 0.29) is 5.70 Å². The second kappa shape index (κ2) is 6.24. The number of nitrogens with zero attached hydrogens (tertiary/aromatic N) is 1. The zero-order chi connectivity index (χ0) is 17.2. The molecule has 0 fully saturated rings. The molecule has 1 aliphatic rings. The molecule has 0 saturated heterocycles. The number of cyclic esters (lactones) is 1. The van der Waals surface area contributed by atoms with Crippen LogP contribution in [0.25, 0.3) is 16.8 Å². The lowest BCUT2D eigenvalue weighted by atomic mass is 10.0. The van der Waals surface area contributed by atoms with Crippen molar-refractivity contribution >= 4 is 28.7 Å². The summed E-state index contributed by atoms with van der Waals surface area (Å²) in [5.74, 6) is 0.598. The van der Waals surface area contributed by atoms with E-state index in [0.717, 1.165) is 27.6 Å². The van der Waals surface area contributed by atoms with Gasteiger partial charge < -0.3 is 9.47 Å². The van der Waals surface area contributed by atoms with Gasteiger partial charge in [0.1, 0.15) is 5.75 Å². The molecular formula is C21H15NO3. The molecule has 0 aromatic heterocycles. The summed E-state index contributed by atoms with van der Waals surface area (Å²) in [7, 11) is 1.60. The van der Waals surface area contributed by atoms with Crippen LogP contribution in [-0.4, -0.2) is 19.0 Å². The van der Waals surface area contributed by atoms with Crippen molar-refractivity contribution in [1.29, 1.82) is 0 Å². The van der Waals surface area contributed by atoms with Crippen molar-refractivity contribution in [3.05, 3.63) is 83.6 Å². The zero-order valence-electron chi connectivity index (χ0n) is 13.6. The Kier molecular flexibility index (Phi) is 3.78. The van der Waals surface area contributed by atoms with Crippen molar-refractivity contribution in [3.8, 4) is 5.75 Å². The van der Waals surface area contributed by atoms with Crippen LogP contribution in [-0.2, 0) is 9.53 Å². The second-order valence-electron chi connectivity index (χ2n) is 5.64. The molecular weight excluding hydrogens is 314 g/mol. The Morgan fingerprint density at radius 1 is 1.00 bits per heavy atom. The van der Waals surface area contributed by atoms with Gasteiger partial charge in [-0.3, -0.25) is 0 Å². The van der Waals surface area contributed by atoms with Gasteiger partial charge in [-0.05, 0) is 40.6 Å². The lowest BCUT2D eigenvalue weighted by molar-refractivity contribution is -0.129. The van der Waals surface area contributed by atoms with E-state index in [4.69, 9.17) is 9.47 Å². The average Bonchev–Trinajstić information content (AvgIpc) is 3.01. The van der Waals surface area contributed by atoms with Crippen LogP contribution in [0.3, 0.4) is 0 Å². The normalized spacial score (nSPS) is 15.3. The van der Waals surface area contributed by atoms with Gasteiger partial charge in [-0.1, -0.05) is 48.5 Å². The summed E-state index contributed by atoms with van der Waals surface area (Å²) in [6.07, 6.45) is 1.70. The maximum Gasteiger partial charge on any atom is 0.363 e. The van der Waals surface area contributed by atoms with E-state index < -0.39 is 5.97 Å². The molecule has 0 atom stereocenters. The summed E-state index contributed by atoms with van der Waals surface area (Å²) >= 11 is 0. The van der Waals surface area contributed by atoms with Gasteiger partial charge in [0.2, 0.25) is 5.90 Å². The van der Waals surface area contributed by atoms with Crippen LogP contribution in [0.2, 0.25) is 0 Å². The van der Waals surface area contributed by atoms with Gasteiger partial charge in [0.05, 0.1) is 7.11 Å². The smallest absolute Gasteiger partial charge is 0.363 e. The predicted molar refractivity (Wildman–Crippen MR) is 97.5 cm³/mol. The quantitative estimate of drug-likeness (QED) is 0.535. The Labute approximate surface area is 145 Å². The number of ether oxygens (including phenoxy) is 2. The van der Waals surface area contributed by atoms with Crippen LogP contribution < -0.4 is 4.74 Å². The van der Waals surface area contributed by atoms with E-state index in [1.54, 1.807) is 13.2 Å². The van der Waals surface area contributed by atoms with E-state index in [1.807, 2.05) is 66.7 Å². The molecule has 0 spiro atoms. The molecule has 0 aliphatic carbocycles. The lowest BCUT2D eigenvalue weighted by Gasteiger charge is -2.04. The highest BCUT2D eigenvalue weighted by Gasteiger charge is 2.25. The maximum atomic E-state index is 12.2. The van der Waals surface area contributed by atoms with Crippen LogP contribution in [0.5, 0.6) is 5.75 Å². The van der Waals surface area contributed by atoms with Crippen LogP contribution in [0.1, 0.15) is 11.1 Å². The van der Waals surface area contributed by atoms with Gasteiger partial charge in [0.15, 0.2) is 5.70 Å². The first kappa shape index (κ1) is 15.1. The maximum absolute atomic E-state index is 12.2. The van der Waals surface area contributed by atoms with Gasteiger partial charge in [0, 0.05) is 5.56 Å².